The molecule has 0 aliphatic heterocycles. The Balaban J connectivity index is 1.56. The summed E-state index contributed by atoms with van der Waals surface area (Å²) in [6.07, 6.45) is 7.15. The van der Waals surface area contributed by atoms with E-state index in [1.165, 1.54) is 0 Å². The maximum absolute atomic E-state index is 10.5. The van der Waals surface area contributed by atoms with Crippen LogP contribution in [0.2, 0.25) is 0 Å². The molecule has 0 bridgehead atoms. The maximum atomic E-state index is 10.5. The van der Waals surface area contributed by atoms with Gasteiger partial charge < -0.3 is 15.4 Å². The van der Waals surface area contributed by atoms with E-state index in [1.54, 1.807) is 0 Å². The number of aromatic nitrogens is 3. The average molecular weight is 321 g/mol. The molecule has 6 heteroatoms. The van der Waals surface area contributed by atoms with E-state index in [9.17, 15) is 5.11 Å². The van der Waals surface area contributed by atoms with Crippen LogP contribution in [0.3, 0.4) is 0 Å². The molecule has 1 aromatic heterocycles. The molecule has 130 valence electrons. The van der Waals surface area contributed by atoms with Crippen LogP contribution in [0, 0.1) is 0 Å². The summed E-state index contributed by atoms with van der Waals surface area (Å²) in [5.41, 5.74) is 5.48. The first-order valence-corrected chi connectivity index (χ1v) is 9.09. The van der Waals surface area contributed by atoms with Crippen LogP contribution in [0.25, 0.3) is 0 Å². The van der Waals surface area contributed by atoms with E-state index < -0.39 is 5.60 Å². The Morgan fingerprint density at radius 2 is 2.00 bits per heavy atom. The van der Waals surface area contributed by atoms with Crippen molar-refractivity contribution in [3.63, 3.8) is 0 Å². The Morgan fingerprint density at radius 1 is 1.30 bits per heavy atom. The van der Waals surface area contributed by atoms with E-state index in [-0.39, 0.29) is 0 Å². The van der Waals surface area contributed by atoms with E-state index in [4.69, 9.17) is 5.73 Å². The van der Waals surface area contributed by atoms with Gasteiger partial charge in [0.25, 0.3) is 0 Å². The molecule has 0 aromatic carbocycles. The third-order valence-corrected chi connectivity index (χ3v) is 5.62. The molecule has 2 aliphatic carbocycles. The molecule has 2 aliphatic rings. The summed E-state index contributed by atoms with van der Waals surface area (Å²) in [5.74, 6) is 2.62. The minimum absolute atomic E-state index is 0.334. The molecule has 0 radical (unpaired) electrons. The smallest absolute Gasteiger partial charge is 0.147 e. The molecule has 1 heterocycles. The first-order chi connectivity index (χ1) is 11.0. The van der Waals surface area contributed by atoms with E-state index in [1.807, 2.05) is 0 Å². The Bertz CT molecular complexity index is 517. The maximum Gasteiger partial charge on any atom is 0.147 e. The highest BCUT2D eigenvalue weighted by Gasteiger charge is 2.33. The number of rotatable bonds is 7. The van der Waals surface area contributed by atoms with Gasteiger partial charge >= 0.3 is 0 Å². The Kier molecular flexibility index (Phi) is 5.04. The molecule has 0 unspecified atom stereocenters. The third kappa shape index (κ3) is 3.75. The van der Waals surface area contributed by atoms with Crippen LogP contribution in [0.1, 0.15) is 69.4 Å². The number of nitrogens with zero attached hydrogens (tertiary/aromatic N) is 4. The van der Waals surface area contributed by atoms with Crippen LogP contribution in [-0.2, 0) is 13.1 Å². The molecule has 0 saturated heterocycles. The minimum Gasteiger partial charge on any atom is -0.390 e. The summed E-state index contributed by atoms with van der Waals surface area (Å²) < 4.78 is 2.25. The van der Waals surface area contributed by atoms with Crippen LogP contribution >= 0.6 is 0 Å². The number of hydrogen-bond acceptors (Lipinski definition) is 5. The zero-order chi connectivity index (χ0) is 16.4. The van der Waals surface area contributed by atoms with Crippen molar-refractivity contribution in [2.75, 3.05) is 13.6 Å². The van der Waals surface area contributed by atoms with Gasteiger partial charge in [0.2, 0.25) is 0 Å². The van der Waals surface area contributed by atoms with Gasteiger partial charge in [-0.2, -0.15) is 0 Å². The van der Waals surface area contributed by atoms with Gasteiger partial charge in [-0.3, -0.25) is 4.90 Å². The molecule has 0 spiro atoms. The summed E-state index contributed by atoms with van der Waals surface area (Å²) in [7, 11) is 2.10. The van der Waals surface area contributed by atoms with Crippen molar-refractivity contribution in [2.24, 2.45) is 5.73 Å². The van der Waals surface area contributed by atoms with Gasteiger partial charge in [0, 0.05) is 25.0 Å². The summed E-state index contributed by atoms with van der Waals surface area (Å²) in [5, 5.41) is 19.3. The largest absolute Gasteiger partial charge is 0.390 e. The lowest BCUT2D eigenvalue weighted by atomic mass is 9.80. The van der Waals surface area contributed by atoms with E-state index in [0.29, 0.717) is 12.0 Å². The van der Waals surface area contributed by atoms with Crippen LogP contribution in [0.15, 0.2) is 0 Å². The summed E-state index contributed by atoms with van der Waals surface area (Å²) in [6.45, 7) is 4.74. The van der Waals surface area contributed by atoms with Gasteiger partial charge in [-0.15, -0.1) is 10.2 Å². The fourth-order valence-corrected chi connectivity index (χ4v) is 3.99. The van der Waals surface area contributed by atoms with Crippen molar-refractivity contribution in [1.29, 1.82) is 0 Å². The Morgan fingerprint density at radius 3 is 2.61 bits per heavy atom. The number of aliphatic hydroxyl groups is 1. The monoisotopic (exact) mass is 321 g/mol. The molecule has 2 saturated carbocycles. The third-order valence-electron chi connectivity index (χ3n) is 5.62. The van der Waals surface area contributed by atoms with Gasteiger partial charge in [0.1, 0.15) is 11.6 Å². The summed E-state index contributed by atoms with van der Waals surface area (Å²) in [4.78, 5) is 2.25. The molecule has 1 aromatic rings. The second kappa shape index (κ2) is 6.87. The van der Waals surface area contributed by atoms with Gasteiger partial charge in [0.05, 0.1) is 12.1 Å². The van der Waals surface area contributed by atoms with E-state index in [2.05, 4.69) is 33.6 Å². The quantitative estimate of drug-likeness (QED) is 0.798. The van der Waals surface area contributed by atoms with Gasteiger partial charge in [-0.25, -0.2) is 0 Å². The highest BCUT2D eigenvalue weighted by molar-refractivity contribution is 5.08. The molecule has 3 N–H and O–H groups in total. The van der Waals surface area contributed by atoms with Crippen molar-refractivity contribution in [2.45, 2.75) is 82.5 Å². The minimum atomic E-state index is -0.431. The van der Waals surface area contributed by atoms with Crippen LogP contribution in [-0.4, -0.2) is 50.0 Å². The first-order valence-electron chi connectivity index (χ1n) is 9.09. The predicted molar refractivity (Wildman–Crippen MR) is 90.0 cm³/mol. The molecular formula is C17H31N5O. The highest BCUT2D eigenvalue weighted by Crippen LogP contribution is 2.35. The van der Waals surface area contributed by atoms with Gasteiger partial charge in [-0.1, -0.05) is 12.8 Å². The molecular weight excluding hydrogens is 290 g/mol. The Hall–Kier alpha value is -0.980. The average Bonchev–Trinajstić information content (AvgIpc) is 3.09. The highest BCUT2D eigenvalue weighted by atomic mass is 16.3. The Labute approximate surface area is 139 Å². The van der Waals surface area contributed by atoms with Gasteiger partial charge in [-0.05, 0) is 46.1 Å². The SMILES string of the molecule is CCn1c(CN(C)CCC2(O)CCCC2)nnc1C1CC(N)C1. The topological polar surface area (TPSA) is 80.2 Å². The molecule has 23 heavy (non-hydrogen) atoms. The molecule has 0 atom stereocenters. The van der Waals surface area contributed by atoms with Crippen molar-refractivity contribution in [3.05, 3.63) is 11.6 Å². The van der Waals surface area contributed by atoms with E-state index in [0.717, 1.165) is 76.2 Å². The number of nitrogens with two attached hydrogens (primary N) is 1. The summed E-state index contributed by atoms with van der Waals surface area (Å²) in [6, 6.07) is 0.334. The van der Waals surface area contributed by atoms with Crippen LogP contribution < -0.4 is 5.73 Å². The summed E-state index contributed by atoms with van der Waals surface area (Å²) >= 11 is 0. The van der Waals surface area contributed by atoms with E-state index >= 15 is 0 Å². The second-order valence-corrected chi connectivity index (χ2v) is 7.57. The van der Waals surface area contributed by atoms with Crippen molar-refractivity contribution >= 4 is 0 Å². The standard InChI is InChI=1S/C17H31N5O/c1-3-22-15(19-20-16(22)13-10-14(18)11-13)12-21(2)9-8-17(23)6-4-5-7-17/h13-14,23H,3-12,18H2,1-2H3. The molecule has 2 fully saturated rings. The van der Waals surface area contributed by atoms with Crippen LogP contribution in [0.5, 0.6) is 0 Å². The van der Waals surface area contributed by atoms with Crippen LogP contribution in [0.4, 0.5) is 0 Å². The second-order valence-electron chi connectivity index (χ2n) is 7.57. The lowest BCUT2D eigenvalue weighted by molar-refractivity contribution is 0.0294. The van der Waals surface area contributed by atoms with Crippen molar-refractivity contribution in [1.82, 2.24) is 19.7 Å². The first kappa shape index (κ1) is 16.9. The number of hydrogen-bond donors (Lipinski definition) is 2. The lowest BCUT2D eigenvalue weighted by Gasteiger charge is -2.31. The zero-order valence-electron chi connectivity index (χ0n) is 14.5. The zero-order valence-corrected chi connectivity index (χ0v) is 14.5. The molecule has 3 rings (SSSR count). The lowest BCUT2D eigenvalue weighted by Crippen LogP contribution is -2.36. The molecule has 6 nitrogen and oxygen atoms in total. The normalized spacial score (nSPS) is 26.7. The van der Waals surface area contributed by atoms with Crippen molar-refractivity contribution < 1.29 is 5.11 Å². The van der Waals surface area contributed by atoms with Crippen molar-refractivity contribution in [3.8, 4) is 0 Å². The fraction of sp³-hybridized carbons (Fsp3) is 0.882. The van der Waals surface area contributed by atoms with Gasteiger partial charge in [0.15, 0.2) is 0 Å². The predicted octanol–water partition coefficient (Wildman–Crippen LogP) is 1.63. The fourth-order valence-electron chi connectivity index (χ4n) is 3.99. The molecule has 0 amide bonds.